The Morgan fingerprint density at radius 2 is 1.55 bits per heavy atom. The van der Waals surface area contributed by atoms with Crippen LogP contribution in [-0.4, -0.2) is 31.1 Å². The van der Waals surface area contributed by atoms with Gasteiger partial charge in [-0.1, -0.05) is 37.6 Å². The molecule has 1 aliphatic rings. The summed E-state index contributed by atoms with van der Waals surface area (Å²) in [5.41, 5.74) is 2.52. The predicted octanol–water partition coefficient (Wildman–Crippen LogP) is 3.40. The summed E-state index contributed by atoms with van der Waals surface area (Å²) in [5, 5.41) is 5.86. The lowest BCUT2D eigenvalue weighted by molar-refractivity contribution is -0.124. The van der Waals surface area contributed by atoms with Crippen molar-refractivity contribution in [3.05, 3.63) is 59.2 Å². The highest BCUT2D eigenvalue weighted by atomic mass is 16.6. The largest absolute Gasteiger partial charge is 0.486 e. The maximum atomic E-state index is 12.9. The summed E-state index contributed by atoms with van der Waals surface area (Å²) in [5.74, 6) is 0.859. The zero-order valence-electron chi connectivity index (χ0n) is 17.3. The molecule has 0 bridgehead atoms. The Morgan fingerprint density at radius 1 is 0.897 bits per heavy atom. The van der Waals surface area contributed by atoms with Gasteiger partial charge in [-0.05, 0) is 49.6 Å². The summed E-state index contributed by atoms with van der Waals surface area (Å²) in [4.78, 5) is 25.5. The Balaban J connectivity index is 1.67. The smallest absolute Gasteiger partial charge is 0.251 e. The van der Waals surface area contributed by atoms with Crippen LogP contribution >= 0.6 is 0 Å². The van der Waals surface area contributed by atoms with Crippen molar-refractivity contribution < 1.29 is 19.1 Å². The number of rotatable bonds is 6. The van der Waals surface area contributed by atoms with Crippen molar-refractivity contribution in [3.8, 4) is 11.5 Å². The Bertz CT molecular complexity index is 877. The van der Waals surface area contributed by atoms with E-state index in [2.05, 4.69) is 10.6 Å². The highest BCUT2D eigenvalue weighted by molar-refractivity contribution is 5.97. The van der Waals surface area contributed by atoms with Crippen molar-refractivity contribution in [2.45, 2.75) is 39.8 Å². The normalized spacial score (nSPS) is 14.8. The van der Waals surface area contributed by atoms with E-state index >= 15 is 0 Å². The molecule has 2 aromatic rings. The van der Waals surface area contributed by atoms with E-state index in [1.54, 1.807) is 12.1 Å². The van der Waals surface area contributed by atoms with Crippen LogP contribution in [0.5, 0.6) is 11.5 Å². The van der Waals surface area contributed by atoms with Gasteiger partial charge in [0.25, 0.3) is 5.91 Å². The molecule has 0 fully saturated rings. The fourth-order valence-corrected chi connectivity index (χ4v) is 3.18. The maximum absolute atomic E-state index is 12.9. The molecule has 2 aromatic carbocycles. The predicted molar refractivity (Wildman–Crippen MR) is 111 cm³/mol. The minimum atomic E-state index is -0.636. The lowest BCUT2D eigenvalue weighted by Gasteiger charge is -2.25. The van der Waals surface area contributed by atoms with Gasteiger partial charge in [0.05, 0.1) is 6.04 Å². The van der Waals surface area contributed by atoms with Crippen molar-refractivity contribution in [1.82, 2.24) is 10.6 Å². The number of carbonyl (C=O) groups excluding carboxylic acids is 2. The molecule has 2 N–H and O–H groups in total. The van der Waals surface area contributed by atoms with Crippen molar-refractivity contribution in [3.63, 3.8) is 0 Å². The molecular formula is C23H28N2O4. The molecule has 0 aromatic heterocycles. The average molecular weight is 396 g/mol. The SMILES string of the molecule is Cc1ccc(C(=O)NC(C(=O)NC(C)c2ccc3c(c2)OCCO3)C(C)C)cc1. The highest BCUT2D eigenvalue weighted by Crippen LogP contribution is 2.32. The van der Waals surface area contributed by atoms with Gasteiger partial charge in [0.15, 0.2) is 11.5 Å². The Hall–Kier alpha value is -3.02. The van der Waals surface area contributed by atoms with Gasteiger partial charge in [-0.3, -0.25) is 9.59 Å². The van der Waals surface area contributed by atoms with Crippen LogP contribution in [0.15, 0.2) is 42.5 Å². The fourth-order valence-electron chi connectivity index (χ4n) is 3.18. The van der Waals surface area contributed by atoms with Crippen LogP contribution in [-0.2, 0) is 4.79 Å². The molecule has 0 saturated carbocycles. The fraction of sp³-hybridized carbons (Fsp3) is 0.391. The number of hydrogen-bond donors (Lipinski definition) is 2. The van der Waals surface area contributed by atoms with E-state index in [4.69, 9.17) is 9.47 Å². The second kappa shape index (κ2) is 8.99. The van der Waals surface area contributed by atoms with E-state index in [1.807, 2.05) is 58.0 Å². The Kier molecular flexibility index (Phi) is 6.42. The summed E-state index contributed by atoms with van der Waals surface area (Å²) in [7, 11) is 0. The molecule has 0 saturated heterocycles. The number of ether oxygens (including phenoxy) is 2. The molecule has 6 nitrogen and oxygen atoms in total. The van der Waals surface area contributed by atoms with Crippen molar-refractivity contribution >= 4 is 11.8 Å². The van der Waals surface area contributed by atoms with Gasteiger partial charge in [-0.25, -0.2) is 0 Å². The second-order valence-electron chi connectivity index (χ2n) is 7.69. The van der Waals surface area contributed by atoms with Crippen LogP contribution in [0.1, 0.15) is 48.3 Å². The van der Waals surface area contributed by atoms with E-state index in [0.29, 0.717) is 30.3 Å². The van der Waals surface area contributed by atoms with E-state index in [0.717, 1.165) is 11.1 Å². The van der Waals surface area contributed by atoms with Crippen LogP contribution in [0, 0.1) is 12.8 Å². The molecule has 0 spiro atoms. The molecule has 29 heavy (non-hydrogen) atoms. The van der Waals surface area contributed by atoms with Gasteiger partial charge >= 0.3 is 0 Å². The molecule has 2 amide bonds. The molecular weight excluding hydrogens is 368 g/mol. The lowest BCUT2D eigenvalue weighted by atomic mass is 10.0. The number of nitrogens with one attached hydrogen (secondary N) is 2. The minimum Gasteiger partial charge on any atom is -0.486 e. The first-order valence-electron chi connectivity index (χ1n) is 9.92. The summed E-state index contributed by atoms with van der Waals surface area (Å²) < 4.78 is 11.2. The van der Waals surface area contributed by atoms with Gasteiger partial charge in [-0.2, -0.15) is 0 Å². The quantitative estimate of drug-likeness (QED) is 0.785. The molecule has 2 unspecified atom stereocenters. The molecule has 1 heterocycles. The standard InChI is InChI=1S/C23H28N2O4/c1-14(2)21(25-22(26)17-7-5-15(3)6-8-17)23(27)24-16(4)18-9-10-19-20(13-18)29-12-11-28-19/h5-10,13-14,16,21H,11-12H2,1-4H3,(H,24,27)(H,25,26). The van der Waals surface area contributed by atoms with Crippen molar-refractivity contribution in [2.24, 2.45) is 5.92 Å². The van der Waals surface area contributed by atoms with E-state index in [-0.39, 0.29) is 23.8 Å². The third kappa shape index (κ3) is 5.08. The lowest BCUT2D eigenvalue weighted by Crippen LogP contribution is -2.50. The number of fused-ring (bicyclic) bond motifs is 1. The number of amides is 2. The second-order valence-corrected chi connectivity index (χ2v) is 7.69. The number of hydrogen-bond acceptors (Lipinski definition) is 4. The minimum absolute atomic E-state index is 0.0585. The average Bonchev–Trinajstić information content (AvgIpc) is 2.71. The van der Waals surface area contributed by atoms with Gasteiger partial charge < -0.3 is 20.1 Å². The zero-order chi connectivity index (χ0) is 21.0. The molecule has 6 heteroatoms. The zero-order valence-corrected chi connectivity index (χ0v) is 17.3. The summed E-state index contributed by atoms with van der Waals surface area (Å²) in [6.07, 6.45) is 0. The maximum Gasteiger partial charge on any atom is 0.251 e. The van der Waals surface area contributed by atoms with Crippen molar-refractivity contribution in [1.29, 1.82) is 0 Å². The van der Waals surface area contributed by atoms with Crippen molar-refractivity contribution in [2.75, 3.05) is 13.2 Å². The van der Waals surface area contributed by atoms with Crippen LogP contribution in [0.3, 0.4) is 0 Å². The molecule has 1 aliphatic heterocycles. The van der Waals surface area contributed by atoms with Crippen LogP contribution in [0.2, 0.25) is 0 Å². The number of benzene rings is 2. The molecule has 0 aliphatic carbocycles. The van der Waals surface area contributed by atoms with Gasteiger partial charge in [0.1, 0.15) is 19.3 Å². The third-order valence-corrected chi connectivity index (χ3v) is 4.97. The van der Waals surface area contributed by atoms with Crippen LogP contribution in [0.4, 0.5) is 0 Å². The summed E-state index contributed by atoms with van der Waals surface area (Å²) in [6, 6.07) is 12.1. The van der Waals surface area contributed by atoms with Crippen LogP contribution < -0.4 is 20.1 Å². The Labute approximate surface area is 171 Å². The molecule has 3 rings (SSSR count). The first kappa shape index (κ1) is 20.7. The first-order chi connectivity index (χ1) is 13.8. The summed E-state index contributed by atoms with van der Waals surface area (Å²) in [6.45, 7) is 8.74. The van der Waals surface area contributed by atoms with E-state index in [9.17, 15) is 9.59 Å². The molecule has 0 radical (unpaired) electrons. The highest BCUT2D eigenvalue weighted by Gasteiger charge is 2.26. The first-order valence-corrected chi connectivity index (χ1v) is 9.92. The monoisotopic (exact) mass is 396 g/mol. The third-order valence-electron chi connectivity index (χ3n) is 4.97. The van der Waals surface area contributed by atoms with Crippen LogP contribution in [0.25, 0.3) is 0 Å². The van der Waals surface area contributed by atoms with E-state index in [1.165, 1.54) is 0 Å². The van der Waals surface area contributed by atoms with E-state index < -0.39 is 6.04 Å². The number of aryl methyl sites for hydroxylation is 1. The summed E-state index contributed by atoms with van der Waals surface area (Å²) >= 11 is 0. The Morgan fingerprint density at radius 3 is 2.21 bits per heavy atom. The van der Waals surface area contributed by atoms with Gasteiger partial charge in [-0.15, -0.1) is 0 Å². The van der Waals surface area contributed by atoms with Gasteiger partial charge in [0, 0.05) is 5.56 Å². The molecule has 154 valence electrons. The number of carbonyl (C=O) groups is 2. The molecule has 2 atom stereocenters. The van der Waals surface area contributed by atoms with Gasteiger partial charge in [0.2, 0.25) is 5.91 Å². The topological polar surface area (TPSA) is 76.7 Å².